The summed E-state index contributed by atoms with van der Waals surface area (Å²) in [5, 5.41) is 8.96. The lowest BCUT2D eigenvalue weighted by Crippen LogP contribution is -2.28. The Labute approximate surface area is 84.8 Å². The number of ketones is 1. The van der Waals surface area contributed by atoms with E-state index in [9.17, 15) is 9.59 Å². The molecule has 0 spiro atoms. The number of aliphatic carboxylic acids is 1. The van der Waals surface area contributed by atoms with E-state index in [2.05, 4.69) is 6.58 Å². The normalized spacial score (nSPS) is 14.4. The molecule has 0 heterocycles. The number of carbonyl (C=O) groups excluding carboxylic acids is 1. The summed E-state index contributed by atoms with van der Waals surface area (Å²) in [7, 11) is 0. The Morgan fingerprint density at radius 2 is 2.00 bits per heavy atom. The van der Waals surface area contributed by atoms with Crippen LogP contribution in [-0.4, -0.2) is 16.9 Å². The van der Waals surface area contributed by atoms with Gasteiger partial charge in [0.2, 0.25) is 0 Å². The van der Waals surface area contributed by atoms with Crippen LogP contribution in [0.1, 0.15) is 33.1 Å². The number of carboxylic acid groups (broad SMARTS) is 1. The number of hydrogen-bond donors (Lipinski definition) is 1. The lowest BCUT2D eigenvalue weighted by molar-refractivity contribution is -0.146. The van der Waals surface area contributed by atoms with E-state index in [0.717, 1.165) is 6.42 Å². The van der Waals surface area contributed by atoms with Crippen LogP contribution in [0.2, 0.25) is 0 Å². The van der Waals surface area contributed by atoms with Gasteiger partial charge in [-0.2, -0.15) is 0 Å². The highest BCUT2D eigenvalue weighted by Crippen LogP contribution is 2.22. The van der Waals surface area contributed by atoms with Gasteiger partial charge in [-0.05, 0) is 19.8 Å². The highest BCUT2D eigenvalue weighted by molar-refractivity contribution is 5.84. The molecule has 1 N–H and O–H groups in total. The van der Waals surface area contributed by atoms with Gasteiger partial charge in [-0.25, -0.2) is 0 Å². The van der Waals surface area contributed by atoms with Crippen molar-refractivity contribution in [2.24, 2.45) is 11.8 Å². The van der Waals surface area contributed by atoms with Gasteiger partial charge < -0.3 is 5.11 Å². The van der Waals surface area contributed by atoms with Crippen LogP contribution in [0.15, 0.2) is 12.7 Å². The van der Waals surface area contributed by atoms with Crippen LogP contribution in [-0.2, 0) is 9.59 Å². The molecule has 0 saturated heterocycles. The van der Waals surface area contributed by atoms with Gasteiger partial charge in [0.1, 0.15) is 5.78 Å². The van der Waals surface area contributed by atoms with E-state index in [1.54, 1.807) is 6.08 Å². The second kappa shape index (κ2) is 6.35. The molecule has 2 atom stereocenters. The molecule has 0 aromatic carbocycles. The van der Waals surface area contributed by atoms with Crippen molar-refractivity contribution in [3.05, 3.63) is 12.7 Å². The molecular weight excluding hydrogens is 180 g/mol. The standard InChI is InChI=1S/C11H18O3/c1-4-6-9(8(3)12)10(7-5-2)11(13)14/h4,9-10H,1,5-7H2,2-3H3,(H,13,14)/t9-,10?/m1/s1. The summed E-state index contributed by atoms with van der Waals surface area (Å²) in [6.07, 6.45) is 3.38. The molecule has 0 fully saturated rings. The first kappa shape index (κ1) is 12.9. The minimum atomic E-state index is -0.881. The number of hydrogen-bond acceptors (Lipinski definition) is 2. The minimum absolute atomic E-state index is 0.0641. The summed E-state index contributed by atoms with van der Waals surface area (Å²) < 4.78 is 0. The van der Waals surface area contributed by atoms with Gasteiger partial charge in [0.25, 0.3) is 0 Å². The molecule has 14 heavy (non-hydrogen) atoms. The molecule has 0 saturated carbocycles. The van der Waals surface area contributed by atoms with Gasteiger partial charge in [-0.1, -0.05) is 19.4 Å². The van der Waals surface area contributed by atoms with Crippen LogP contribution >= 0.6 is 0 Å². The van der Waals surface area contributed by atoms with Crippen LogP contribution in [0.3, 0.4) is 0 Å². The van der Waals surface area contributed by atoms with Gasteiger partial charge in [0, 0.05) is 5.92 Å². The first-order valence-electron chi connectivity index (χ1n) is 4.88. The number of rotatable bonds is 7. The van der Waals surface area contributed by atoms with Crippen molar-refractivity contribution in [1.29, 1.82) is 0 Å². The van der Waals surface area contributed by atoms with Crippen molar-refractivity contribution in [2.45, 2.75) is 33.1 Å². The van der Waals surface area contributed by atoms with Gasteiger partial charge in [0.15, 0.2) is 0 Å². The summed E-state index contributed by atoms with van der Waals surface area (Å²) in [5.41, 5.74) is 0. The zero-order valence-electron chi connectivity index (χ0n) is 8.82. The van der Waals surface area contributed by atoms with E-state index in [1.165, 1.54) is 6.92 Å². The maximum atomic E-state index is 11.2. The summed E-state index contributed by atoms with van der Waals surface area (Å²) >= 11 is 0. The maximum absolute atomic E-state index is 11.2. The Morgan fingerprint density at radius 3 is 2.29 bits per heavy atom. The smallest absolute Gasteiger partial charge is 0.307 e. The number of Topliss-reactive ketones (excluding diaryl/α,β-unsaturated/α-hetero) is 1. The lowest BCUT2D eigenvalue weighted by atomic mass is 9.83. The first-order valence-corrected chi connectivity index (χ1v) is 4.88. The lowest BCUT2D eigenvalue weighted by Gasteiger charge is -2.19. The Hall–Kier alpha value is -1.12. The van der Waals surface area contributed by atoms with E-state index in [1.807, 2.05) is 6.92 Å². The third kappa shape index (κ3) is 3.73. The van der Waals surface area contributed by atoms with Crippen molar-refractivity contribution in [1.82, 2.24) is 0 Å². The fourth-order valence-corrected chi connectivity index (χ4v) is 1.60. The zero-order valence-corrected chi connectivity index (χ0v) is 8.82. The molecule has 0 aliphatic carbocycles. The molecule has 0 aromatic heterocycles. The molecule has 80 valence electrons. The fourth-order valence-electron chi connectivity index (χ4n) is 1.60. The van der Waals surface area contributed by atoms with E-state index in [-0.39, 0.29) is 5.78 Å². The second-order valence-electron chi connectivity index (χ2n) is 3.47. The van der Waals surface area contributed by atoms with Crippen molar-refractivity contribution in [3.63, 3.8) is 0 Å². The van der Waals surface area contributed by atoms with Crippen molar-refractivity contribution >= 4 is 11.8 Å². The third-order valence-corrected chi connectivity index (χ3v) is 2.35. The highest BCUT2D eigenvalue weighted by atomic mass is 16.4. The first-order chi connectivity index (χ1) is 6.54. The molecule has 0 aliphatic heterocycles. The predicted molar refractivity (Wildman–Crippen MR) is 55.0 cm³/mol. The van der Waals surface area contributed by atoms with Crippen LogP contribution in [0.5, 0.6) is 0 Å². The Bertz CT molecular complexity index is 221. The van der Waals surface area contributed by atoms with E-state index < -0.39 is 17.8 Å². The van der Waals surface area contributed by atoms with Crippen LogP contribution in [0.4, 0.5) is 0 Å². The molecule has 3 heteroatoms. The Kier molecular flexibility index (Phi) is 5.84. The molecule has 0 rings (SSSR count). The van der Waals surface area contributed by atoms with Crippen LogP contribution < -0.4 is 0 Å². The maximum Gasteiger partial charge on any atom is 0.307 e. The van der Waals surface area contributed by atoms with Crippen molar-refractivity contribution in [2.75, 3.05) is 0 Å². The van der Waals surface area contributed by atoms with E-state index in [4.69, 9.17) is 5.11 Å². The number of carboxylic acids is 1. The Balaban J connectivity index is 4.62. The minimum Gasteiger partial charge on any atom is -0.481 e. The molecule has 0 amide bonds. The molecule has 1 unspecified atom stereocenters. The number of allylic oxidation sites excluding steroid dienone is 1. The second-order valence-corrected chi connectivity index (χ2v) is 3.47. The third-order valence-electron chi connectivity index (χ3n) is 2.35. The van der Waals surface area contributed by atoms with Crippen LogP contribution in [0, 0.1) is 11.8 Å². The van der Waals surface area contributed by atoms with Gasteiger partial charge >= 0.3 is 5.97 Å². The molecule has 0 aliphatic rings. The van der Waals surface area contributed by atoms with Crippen molar-refractivity contribution < 1.29 is 14.7 Å². The zero-order chi connectivity index (χ0) is 11.1. The van der Waals surface area contributed by atoms with Gasteiger partial charge in [-0.15, -0.1) is 6.58 Å². The Morgan fingerprint density at radius 1 is 1.43 bits per heavy atom. The highest BCUT2D eigenvalue weighted by Gasteiger charge is 2.29. The topological polar surface area (TPSA) is 54.4 Å². The molecule has 3 nitrogen and oxygen atoms in total. The van der Waals surface area contributed by atoms with Crippen LogP contribution in [0.25, 0.3) is 0 Å². The summed E-state index contributed by atoms with van der Waals surface area (Å²) in [6.45, 7) is 6.90. The quantitative estimate of drug-likeness (QED) is 0.638. The molecule has 0 bridgehead atoms. The molecule has 0 radical (unpaired) electrons. The number of carbonyl (C=O) groups is 2. The average molecular weight is 198 g/mol. The molecule has 0 aromatic rings. The van der Waals surface area contributed by atoms with Crippen molar-refractivity contribution in [3.8, 4) is 0 Å². The average Bonchev–Trinajstić information content (AvgIpc) is 2.10. The molecular formula is C11H18O3. The largest absolute Gasteiger partial charge is 0.481 e. The fraction of sp³-hybridized carbons (Fsp3) is 0.636. The van der Waals surface area contributed by atoms with Gasteiger partial charge in [-0.3, -0.25) is 9.59 Å². The summed E-state index contributed by atoms with van der Waals surface area (Å²) in [4.78, 5) is 22.2. The van der Waals surface area contributed by atoms with Gasteiger partial charge in [0.05, 0.1) is 5.92 Å². The van der Waals surface area contributed by atoms with E-state index >= 15 is 0 Å². The monoisotopic (exact) mass is 198 g/mol. The summed E-state index contributed by atoms with van der Waals surface area (Å²) in [5.74, 6) is -1.92. The van der Waals surface area contributed by atoms with E-state index in [0.29, 0.717) is 12.8 Å². The predicted octanol–water partition coefficient (Wildman–Crippen LogP) is 2.27. The summed E-state index contributed by atoms with van der Waals surface area (Å²) in [6, 6.07) is 0. The SMILES string of the molecule is C=CC[C@H](C(C)=O)C(CCC)C(=O)O.